The van der Waals surface area contributed by atoms with Gasteiger partial charge in [0.2, 0.25) is 9.84 Å². The quantitative estimate of drug-likeness (QED) is 0.867. The van der Waals surface area contributed by atoms with Crippen molar-refractivity contribution in [2.75, 3.05) is 6.26 Å². The molecule has 0 spiro atoms. The molecule has 0 bridgehead atoms. The minimum absolute atomic E-state index is 0.224. The third-order valence-corrected chi connectivity index (χ3v) is 5.22. The Balaban J connectivity index is 2.66. The van der Waals surface area contributed by atoms with Gasteiger partial charge in [0.1, 0.15) is 0 Å². The molecular weight excluding hydrogens is 268 g/mol. The highest BCUT2D eigenvalue weighted by Gasteiger charge is 2.24. The third kappa shape index (κ3) is 2.18. The Hall–Kier alpha value is -1.27. The number of hydrogen-bond donors (Lipinski definition) is 0. The first-order valence-electron chi connectivity index (χ1n) is 5.38. The van der Waals surface area contributed by atoms with Crippen LogP contribution in [0.15, 0.2) is 40.3 Å². The van der Waals surface area contributed by atoms with Crippen molar-refractivity contribution in [2.45, 2.75) is 23.8 Å². The van der Waals surface area contributed by atoms with E-state index >= 15 is 0 Å². The zero-order chi connectivity index (χ0) is 13.3. The molecular formula is C12H14N2O2S2. The Kier molecular flexibility index (Phi) is 3.49. The second kappa shape index (κ2) is 4.78. The van der Waals surface area contributed by atoms with Crippen LogP contribution in [-0.4, -0.2) is 23.9 Å². The van der Waals surface area contributed by atoms with Crippen LogP contribution in [0.4, 0.5) is 0 Å². The Morgan fingerprint density at radius 1 is 1.22 bits per heavy atom. The molecule has 0 aliphatic carbocycles. The van der Waals surface area contributed by atoms with Crippen LogP contribution in [-0.2, 0) is 9.84 Å². The average molecular weight is 282 g/mol. The summed E-state index contributed by atoms with van der Waals surface area (Å²) in [5.74, 6) is 0. The Labute approximate surface area is 111 Å². The zero-order valence-corrected chi connectivity index (χ0v) is 12.0. The monoisotopic (exact) mass is 282 g/mol. The van der Waals surface area contributed by atoms with Crippen LogP contribution in [0.3, 0.4) is 0 Å². The molecule has 0 fully saturated rings. The van der Waals surface area contributed by atoms with Gasteiger partial charge in [0.05, 0.1) is 10.6 Å². The van der Waals surface area contributed by atoms with Gasteiger partial charge in [-0.2, -0.15) is 9.19 Å². The Morgan fingerprint density at radius 2 is 1.89 bits per heavy atom. The summed E-state index contributed by atoms with van der Waals surface area (Å²) in [4.78, 5) is 0.334. The normalized spacial score (nSPS) is 11.7. The van der Waals surface area contributed by atoms with Gasteiger partial charge in [-0.15, -0.1) is 0 Å². The van der Waals surface area contributed by atoms with E-state index in [0.717, 1.165) is 5.56 Å². The van der Waals surface area contributed by atoms with Crippen molar-refractivity contribution in [1.82, 2.24) is 9.19 Å². The van der Waals surface area contributed by atoms with E-state index in [1.807, 2.05) is 6.07 Å². The second-order valence-electron chi connectivity index (χ2n) is 3.95. The van der Waals surface area contributed by atoms with Gasteiger partial charge in [0.15, 0.2) is 5.03 Å². The van der Waals surface area contributed by atoms with Gasteiger partial charge < -0.3 is 0 Å². The lowest BCUT2D eigenvalue weighted by Gasteiger charge is -2.07. The lowest BCUT2D eigenvalue weighted by Crippen LogP contribution is -2.08. The zero-order valence-electron chi connectivity index (χ0n) is 10.4. The third-order valence-electron chi connectivity index (χ3n) is 2.60. The Morgan fingerprint density at radius 3 is 2.50 bits per heavy atom. The minimum atomic E-state index is -3.51. The van der Waals surface area contributed by atoms with Crippen molar-refractivity contribution in [2.24, 2.45) is 0 Å². The highest BCUT2D eigenvalue weighted by Crippen LogP contribution is 2.25. The molecule has 96 valence electrons. The Bertz CT molecular complexity index is 675. The van der Waals surface area contributed by atoms with Crippen molar-refractivity contribution in [3.8, 4) is 0 Å². The molecule has 0 saturated heterocycles. The fourth-order valence-corrected chi connectivity index (χ4v) is 4.25. The van der Waals surface area contributed by atoms with Crippen molar-refractivity contribution in [3.63, 3.8) is 0 Å². The van der Waals surface area contributed by atoms with E-state index < -0.39 is 9.84 Å². The standard InChI is InChI=1S/C12H14N2O2S2/c1-9-6-4-5-7-11(9)18(15,16)12-8-10(2)13-14(12)17-3/h4-8H,1-3H3. The average Bonchev–Trinajstić information content (AvgIpc) is 2.71. The van der Waals surface area contributed by atoms with E-state index in [2.05, 4.69) is 5.10 Å². The molecule has 4 nitrogen and oxygen atoms in total. The first-order chi connectivity index (χ1) is 8.46. The fourth-order valence-electron chi connectivity index (χ4n) is 1.74. The lowest BCUT2D eigenvalue weighted by atomic mass is 10.2. The topological polar surface area (TPSA) is 52.0 Å². The van der Waals surface area contributed by atoms with E-state index in [1.165, 1.54) is 16.0 Å². The maximum atomic E-state index is 12.6. The van der Waals surface area contributed by atoms with Gasteiger partial charge >= 0.3 is 0 Å². The van der Waals surface area contributed by atoms with E-state index in [4.69, 9.17) is 0 Å². The second-order valence-corrected chi connectivity index (χ2v) is 6.52. The number of aromatic nitrogens is 2. The van der Waals surface area contributed by atoms with Crippen LogP contribution in [0, 0.1) is 13.8 Å². The molecule has 2 aromatic rings. The largest absolute Gasteiger partial charge is 0.224 e. The number of rotatable bonds is 3. The summed E-state index contributed by atoms with van der Waals surface area (Å²) in [5, 5.41) is 4.37. The molecule has 0 saturated carbocycles. The molecule has 1 heterocycles. The number of aryl methyl sites for hydroxylation is 2. The van der Waals surface area contributed by atoms with Gasteiger partial charge in [-0.1, -0.05) is 18.2 Å². The SMILES string of the molecule is CSn1nc(C)cc1S(=O)(=O)c1ccccc1C. The summed E-state index contributed by atoms with van der Waals surface area (Å²) in [6.45, 7) is 3.57. The summed E-state index contributed by atoms with van der Waals surface area (Å²) in [7, 11) is -3.51. The molecule has 2 rings (SSSR count). The van der Waals surface area contributed by atoms with Crippen LogP contribution >= 0.6 is 11.9 Å². The number of nitrogens with zero attached hydrogens (tertiary/aromatic N) is 2. The molecule has 0 aliphatic rings. The molecule has 0 radical (unpaired) electrons. The number of benzene rings is 1. The lowest BCUT2D eigenvalue weighted by molar-refractivity contribution is 0.589. The smallest absolute Gasteiger partial charge is 0.217 e. The van der Waals surface area contributed by atoms with Crippen LogP contribution in [0.25, 0.3) is 0 Å². The van der Waals surface area contributed by atoms with Crippen LogP contribution in [0.1, 0.15) is 11.3 Å². The first kappa shape index (κ1) is 13.2. The maximum absolute atomic E-state index is 12.6. The highest BCUT2D eigenvalue weighted by atomic mass is 32.2. The molecule has 0 amide bonds. The summed E-state index contributed by atoms with van der Waals surface area (Å²) >= 11 is 1.27. The predicted octanol–water partition coefficient (Wildman–Crippen LogP) is 2.46. The van der Waals surface area contributed by atoms with Crippen molar-refractivity contribution >= 4 is 21.8 Å². The van der Waals surface area contributed by atoms with E-state index in [1.54, 1.807) is 44.4 Å². The van der Waals surface area contributed by atoms with Crippen LogP contribution < -0.4 is 0 Å². The highest BCUT2D eigenvalue weighted by molar-refractivity contribution is 7.98. The van der Waals surface area contributed by atoms with Gasteiger partial charge in [-0.25, -0.2) is 8.42 Å². The molecule has 18 heavy (non-hydrogen) atoms. The van der Waals surface area contributed by atoms with Crippen molar-refractivity contribution in [3.05, 3.63) is 41.6 Å². The van der Waals surface area contributed by atoms with Gasteiger partial charge in [0.25, 0.3) is 0 Å². The van der Waals surface area contributed by atoms with Crippen LogP contribution in [0.5, 0.6) is 0 Å². The summed E-state index contributed by atoms with van der Waals surface area (Å²) in [6, 6.07) is 8.56. The molecule has 0 atom stereocenters. The number of hydrogen-bond acceptors (Lipinski definition) is 4. The molecule has 1 aromatic heterocycles. The van der Waals surface area contributed by atoms with E-state index in [9.17, 15) is 8.42 Å². The predicted molar refractivity (Wildman–Crippen MR) is 72.5 cm³/mol. The van der Waals surface area contributed by atoms with Crippen molar-refractivity contribution in [1.29, 1.82) is 0 Å². The van der Waals surface area contributed by atoms with Gasteiger partial charge in [-0.05, 0) is 43.5 Å². The first-order valence-corrected chi connectivity index (χ1v) is 8.05. The van der Waals surface area contributed by atoms with E-state index in [-0.39, 0.29) is 5.03 Å². The molecule has 0 unspecified atom stereocenters. The summed E-state index contributed by atoms with van der Waals surface area (Å²) in [6.07, 6.45) is 1.79. The molecule has 0 aliphatic heterocycles. The fraction of sp³-hybridized carbons (Fsp3) is 0.250. The van der Waals surface area contributed by atoms with Gasteiger partial charge in [0, 0.05) is 6.26 Å². The molecule has 0 N–H and O–H groups in total. The maximum Gasteiger partial charge on any atom is 0.224 e. The molecule has 1 aromatic carbocycles. The molecule has 6 heteroatoms. The van der Waals surface area contributed by atoms with Crippen molar-refractivity contribution < 1.29 is 8.42 Å². The summed E-state index contributed by atoms with van der Waals surface area (Å²) in [5.41, 5.74) is 1.43. The van der Waals surface area contributed by atoms with Gasteiger partial charge in [-0.3, -0.25) is 0 Å². The van der Waals surface area contributed by atoms with E-state index in [0.29, 0.717) is 10.6 Å². The summed E-state index contributed by atoms with van der Waals surface area (Å²) < 4.78 is 26.6. The van der Waals surface area contributed by atoms with Crippen LogP contribution in [0.2, 0.25) is 0 Å². The number of sulfone groups is 1. The minimum Gasteiger partial charge on any atom is -0.217 e.